The Morgan fingerprint density at radius 3 is 2.37 bits per heavy atom. The molecular weight excluding hydrogens is 467 g/mol. The van der Waals surface area contributed by atoms with E-state index < -0.39 is 23.3 Å². The molecular formula is C24H32F3N3O5. The number of carboxylic acid groups (broad SMARTS) is 1. The number of benzene rings is 1. The van der Waals surface area contributed by atoms with Crippen LogP contribution in [0.3, 0.4) is 0 Å². The average Bonchev–Trinajstić information content (AvgIpc) is 3.02. The fraction of sp³-hybridized carbons (Fsp3) is 0.625. The number of amides is 3. The summed E-state index contributed by atoms with van der Waals surface area (Å²) in [5, 5.41) is 6.89. The number of imide groups is 1. The summed E-state index contributed by atoms with van der Waals surface area (Å²) in [7, 11) is 0. The zero-order chi connectivity index (χ0) is 25.6. The molecule has 3 amide bonds. The topological polar surface area (TPSA) is 90.4 Å². The Morgan fingerprint density at radius 1 is 1.17 bits per heavy atom. The number of hydrogen-bond acceptors (Lipinski definition) is 5. The van der Waals surface area contributed by atoms with Gasteiger partial charge < -0.3 is 19.6 Å². The first-order valence-corrected chi connectivity index (χ1v) is 11.8. The molecule has 3 saturated heterocycles. The number of ether oxygens (including phenoxy) is 1. The first kappa shape index (κ1) is 26.9. The van der Waals surface area contributed by atoms with Crippen molar-refractivity contribution < 1.29 is 37.4 Å². The van der Waals surface area contributed by atoms with Gasteiger partial charge in [0.1, 0.15) is 5.54 Å². The van der Waals surface area contributed by atoms with E-state index in [1.54, 1.807) is 4.90 Å². The Balaban J connectivity index is 0.00000108. The van der Waals surface area contributed by atoms with Crippen LogP contribution in [0, 0.1) is 5.92 Å². The Morgan fingerprint density at radius 2 is 1.80 bits per heavy atom. The fourth-order valence-electron chi connectivity index (χ4n) is 5.27. The number of likely N-dealkylation sites (tertiary alicyclic amines) is 1. The highest BCUT2D eigenvalue weighted by molar-refractivity contribution is 6.07. The van der Waals surface area contributed by atoms with Crippen molar-refractivity contribution in [3.63, 3.8) is 0 Å². The fourth-order valence-corrected chi connectivity index (χ4v) is 5.27. The number of halogens is 3. The lowest BCUT2D eigenvalue weighted by atomic mass is 9.85. The van der Waals surface area contributed by atoms with E-state index in [9.17, 15) is 22.8 Å². The summed E-state index contributed by atoms with van der Waals surface area (Å²) in [6.07, 6.45) is -1.28. The minimum absolute atomic E-state index is 0.147. The van der Waals surface area contributed by atoms with Gasteiger partial charge in [0.15, 0.2) is 0 Å². The van der Waals surface area contributed by atoms with Gasteiger partial charge in [-0.3, -0.25) is 14.5 Å². The van der Waals surface area contributed by atoms with Crippen LogP contribution in [0.4, 0.5) is 18.0 Å². The molecule has 3 fully saturated rings. The molecule has 1 aromatic rings. The smallest absolute Gasteiger partial charge is 0.416 e. The first-order chi connectivity index (χ1) is 16.7. The quantitative estimate of drug-likeness (QED) is 0.493. The van der Waals surface area contributed by atoms with Crippen molar-refractivity contribution in [3.8, 4) is 0 Å². The molecule has 35 heavy (non-hydrogen) atoms. The predicted octanol–water partition coefficient (Wildman–Crippen LogP) is 3.45. The average molecular weight is 500 g/mol. The standard InChI is InChI=1S/C23H30F3N3O3.CH2O2/c1-2-29-21(31)28(16-18-4-3-5-19(14-18)23(24,25)26)20(30)22(29)8-10-27(11-9-22)15-17-6-12-32-13-7-17;2-1-3/h3-5,14,17H,2,6-13,15-16H2,1H3;1H,(H,2,3). The maximum Gasteiger partial charge on any atom is 0.416 e. The third-order valence-corrected chi connectivity index (χ3v) is 7.07. The summed E-state index contributed by atoms with van der Waals surface area (Å²) in [5.74, 6) is 0.311. The lowest BCUT2D eigenvalue weighted by Gasteiger charge is -2.43. The number of likely N-dealkylation sites (N-methyl/N-ethyl adjacent to an activating group) is 1. The van der Waals surface area contributed by atoms with Crippen LogP contribution in [0.5, 0.6) is 0 Å². The highest BCUT2D eigenvalue weighted by Gasteiger charge is 2.57. The molecule has 0 saturated carbocycles. The summed E-state index contributed by atoms with van der Waals surface area (Å²) in [6.45, 7) is 5.85. The lowest BCUT2D eigenvalue weighted by Crippen LogP contribution is -2.57. The second-order valence-electron chi connectivity index (χ2n) is 9.11. The second kappa shape index (κ2) is 11.4. The molecule has 0 bridgehead atoms. The van der Waals surface area contributed by atoms with Gasteiger partial charge in [0, 0.05) is 39.4 Å². The monoisotopic (exact) mass is 499 g/mol. The van der Waals surface area contributed by atoms with Crippen LogP contribution >= 0.6 is 0 Å². The third-order valence-electron chi connectivity index (χ3n) is 7.07. The maximum absolute atomic E-state index is 13.5. The number of carbonyl (C=O) groups excluding carboxylic acids is 2. The minimum Gasteiger partial charge on any atom is -0.483 e. The van der Waals surface area contributed by atoms with Crippen LogP contribution in [0.15, 0.2) is 24.3 Å². The summed E-state index contributed by atoms with van der Waals surface area (Å²) in [4.78, 5) is 40.0. The van der Waals surface area contributed by atoms with Gasteiger partial charge >= 0.3 is 12.2 Å². The zero-order valence-corrected chi connectivity index (χ0v) is 19.8. The highest BCUT2D eigenvalue weighted by Crippen LogP contribution is 2.38. The molecule has 3 heterocycles. The van der Waals surface area contributed by atoms with Gasteiger partial charge in [-0.15, -0.1) is 0 Å². The van der Waals surface area contributed by atoms with Crippen molar-refractivity contribution in [1.82, 2.24) is 14.7 Å². The number of carbonyl (C=O) groups is 3. The summed E-state index contributed by atoms with van der Waals surface area (Å²) < 4.78 is 44.7. The van der Waals surface area contributed by atoms with E-state index in [4.69, 9.17) is 14.6 Å². The zero-order valence-electron chi connectivity index (χ0n) is 19.8. The van der Waals surface area contributed by atoms with E-state index >= 15 is 0 Å². The van der Waals surface area contributed by atoms with Crippen LogP contribution in [0.25, 0.3) is 0 Å². The van der Waals surface area contributed by atoms with Crippen molar-refractivity contribution in [3.05, 3.63) is 35.4 Å². The molecule has 8 nitrogen and oxygen atoms in total. The molecule has 1 N–H and O–H groups in total. The summed E-state index contributed by atoms with van der Waals surface area (Å²) in [5.41, 5.74) is -1.37. The molecule has 0 unspecified atom stereocenters. The van der Waals surface area contributed by atoms with Crippen LogP contribution in [0.1, 0.15) is 43.7 Å². The Hall–Kier alpha value is -2.66. The van der Waals surface area contributed by atoms with Crippen LogP contribution in [0.2, 0.25) is 0 Å². The van der Waals surface area contributed by atoms with E-state index in [-0.39, 0.29) is 18.9 Å². The van der Waals surface area contributed by atoms with Gasteiger partial charge in [0.25, 0.3) is 12.4 Å². The first-order valence-electron chi connectivity index (χ1n) is 11.8. The van der Waals surface area contributed by atoms with Gasteiger partial charge in [0.05, 0.1) is 12.1 Å². The van der Waals surface area contributed by atoms with Crippen LogP contribution in [-0.4, -0.2) is 83.1 Å². The van der Waals surface area contributed by atoms with Crippen molar-refractivity contribution in [2.75, 3.05) is 39.4 Å². The molecule has 3 aliphatic rings. The Kier molecular flexibility index (Phi) is 8.76. The van der Waals surface area contributed by atoms with Gasteiger partial charge in [-0.25, -0.2) is 4.79 Å². The van der Waals surface area contributed by atoms with E-state index in [0.29, 0.717) is 30.9 Å². The Bertz CT molecular complexity index is 897. The summed E-state index contributed by atoms with van der Waals surface area (Å²) in [6, 6.07) is 4.43. The number of urea groups is 1. The van der Waals surface area contributed by atoms with Crippen molar-refractivity contribution >= 4 is 18.4 Å². The molecule has 11 heteroatoms. The van der Waals surface area contributed by atoms with E-state index in [1.165, 1.54) is 12.1 Å². The molecule has 0 aromatic heterocycles. The van der Waals surface area contributed by atoms with Crippen molar-refractivity contribution in [1.29, 1.82) is 0 Å². The predicted molar refractivity (Wildman–Crippen MR) is 120 cm³/mol. The number of piperidine rings is 1. The lowest BCUT2D eigenvalue weighted by molar-refractivity contribution is -0.137. The molecule has 0 radical (unpaired) electrons. The molecule has 0 atom stereocenters. The van der Waals surface area contributed by atoms with E-state index in [1.807, 2.05) is 6.92 Å². The normalized spacial score (nSPS) is 21.3. The molecule has 3 aliphatic heterocycles. The van der Waals surface area contributed by atoms with Crippen LogP contribution < -0.4 is 0 Å². The molecule has 4 rings (SSSR count). The Labute approximate surface area is 202 Å². The largest absolute Gasteiger partial charge is 0.483 e. The molecule has 1 spiro atoms. The van der Waals surface area contributed by atoms with Gasteiger partial charge in [-0.1, -0.05) is 12.1 Å². The number of rotatable bonds is 5. The minimum atomic E-state index is -4.47. The van der Waals surface area contributed by atoms with E-state index in [2.05, 4.69) is 4.90 Å². The van der Waals surface area contributed by atoms with Gasteiger partial charge in [0.2, 0.25) is 0 Å². The van der Waals surface area contributed by atoms with Crippen LogP contribution in [-0.2, 0) is 27.0 Å². The third kappa shape index (κ3) is 5.95. The SMILES string of the molecule is CCN1C(=O)N(Cc2cccc(C(F)(F)F)c2)C(=O)C12CCN(CC1CCOCC1)CC2.O=CO. The molecule has 194 valence electrons. The molecule has 1 aromatic carbocycles. The van der Waals surface area contributed by atoms with Gasteiger partial charge in [-0.2, -0.15) is 13.2 Å². The number of nitrogens with zero attached hydrogens (tertiary/aromatic N) is 3. The second-order valence-corrected chi connectivity index (χ2v) is 9.11. The highest BCUT2D eigenvalue weighted by atomic mass is 19.4. The van der Waals surface area contributed by atoms with Crippen molar-refractivity contribution in [2.45, 2.75) is 50.9 Å². The maximum atomic E-state index is 13.5. The van der Waals surface area contributed by atoms with Gasteiger partial charge in [-0.05, 0) is 56.2 Å². The molecule has 0 aliphatic carbocycles. The van der Waals surface area contributed by atoms with Crippen molar-refractivity contribution in [2.24, 2.45) is 5.92 Å². The number of alkyl halides is 3. The number of hydrogen-bond donors (Lipinski definition) is 1. The summed E-state index contributed by atoms with van der Waals surface area (Å²) >= 11 is 0. The van der Waals surface area contributed by atoms with E-state index in [0.717, 1.165) is 62.7 Å².